The van der Waals surface area contributed by atoms with Crippen molar-refractivity contribution in [3.05, 3.63) is 46.2 Å². The fraction of sp³-hybridized carbons (Fsp3) is 0.167. The van der Waals surface area contributed by atoms with Crippen LogP contribution < -0.4 is 10.6 Å². The van der Waals surface area contributed by atoms with Gasteiger partial charge in [0.05, 0.1) is 21.9 Å². The summed E-state index contributed by atoms with van der Waals surface area (Å²) in [5, 5.41) is 10.1. The van der Waals surface area contributed by atoms with E-state index < -0.39 is 0 Å². The number of carbonyl (C=O) groups is 1. The molecule has 5 nitrogen and oxygen atoms in total. The molecule has 2 rings (SSSR count). The highest BCUT2D eigenvalue weighted by Crippen LogP contribution is 2.29. The Labute approximate surface area is 120 Å². The molecule has 1 aromatic heterocycles. The molecule has 7 heteroatoms. The number of nitrogens with one attached hydrogen (secondary N) is 2. The Morgan fingerprint density at radius 3 is 2.89 bits per heavy atom. The fourth-order valence-electron chi connectivity index (χ4n) is 1.51. The van der Waals surface area contributed by atoms with Crippen LogP contribution in [0.4, 0.5) is 10.5 Å². The van der Waals surface area contributed by atoms with Crippen molar-refractivity contribution in [3.8, 4) is 0 Å². The molecule has 0 aliphatic rings. The van der Waals surface area contributed by atoms with Gasteiger partial charge < -0.3 is 10.6 Å². The predicted molar refractivity (Wildman–Crippen MR) is 75.5 cm³/mol. The number of benzene rings is 1. The predicted octanol–water partition coefficient (Wildman–Crippen LogP) is 3.05. The molecule has 2 amide bonds. The quantitative estimate of drug-likeness (QED) is 0.915. The average Bonchev–Trinajstić information content (AvgIpc) is 2.78. The molecule has 0 saturated carbocycles. The van der Waals surface area contributed by atoms with Crippen LogP contribution in [0.5, 0.6) is 0 Å². The van der Waals surface area contributed by atoms with Crippen molar-refractivity contribution in [3.63, 3.8) is 0 Å². The van der Waals surface area contributed by atoms with Crippen molar-refractivity contribution in [2.75, 3.05) is 5.32 Å². The van der Waals surface area contributed by atoms with Gasteiger partial charge in [-0.1, -0.05) is 29.3 Å². The van der Waals surface area contributed by atoms with Gasteiger partial charge in [0.1, 0.15) is 0 Å². The summed E-state index contributed by atoms with van der Waals surface area (Å²) < 4.78 is 1.67. The molecular weight excluding hydrogens is 287 g/mol. The third-order valence-electron chi connectivity index (χ3n) is 2.41. The maximum Gasteiger partial charge on any atom is 0.319 e. The van der Waals surface area contributed by atoms with Crippen molar-refractivity contribution in [1.82, 2.24) is 15.1 Å². The topological polar surface area (TPSA) is 59.0 Å². The number of anilines is 1. The molecule has 1 heterocycles. The van der Waals surface area contributed by atoms with E-state index in [1.54, 1.807) is 29.1 Å². The van der Waals surface area contributed by atoms with Crippen molar-refractivity contribution in [1.29, 1.82) is 0 Å². The number of nitrogens with zero attached hydrogens (tertiary/aromatic N) is 2. The summed E-state index contributed by atoms with van der Waals surface area (Å²) >= 11 is 11.8. The van der Waals surface area contributed by atoms with Crippen LogP contribution in [0.15, 0.2) is 30.6 Å². The first-order valence-corrected chi connectivity index (χ1v) is 6.28. The SMILES string of the molecule is Cn1cc(CNC(=O)Nc2cccc(Cl)c2Cl)cn1. The average molecular weight is 299 g/mol. The minimum atomic E-state index is -0.354. The van der Waals surface area contributed by atoms with E-state index in [9.17, 15) is 4.79 Å². The van der Waals surface area contributed by atoms with Gasteiger partial charge in [-0.15, -0.1) is 0 Å². The molecular formula is C12H12Cl2N4O. The molecule has 0 radical (unpaired) electrons. The number of hydrogen-bond acceptors (Lipinski definition) is 2. The highest BCUT2D eigenvalue weighted by atomic mass is 35.5. The van der Waals surface area contributed by atoms with E-state index in [1.165, 1.54) is 0 Å². The number of rotatable bonds is 3. The highest BCUT2D eigenvalue weighted by molar-refractivity contribution is 6.43. The monoisotopic (exact) mass is 298 g/mol. The summed E-state index contributed by atoms with van der Waals surface area (Å²) in [4.78, 5) is 11.7. The van der Waals surface area contributed by atoms with E-state index in [-0.39, 0.29) is 6.03 Å². The van der Waals surface area contributed by atoms with Crippen LogP contribution in [0, 0.1) is 0 Å². The molecule has 0 saturated heterocycles. The van der Waals surface area contributed by atoms with E-state index in [2.05, 4.69) is 15.7 Å². The summed E-state index contributed by atoms with van der Waals surface area (Å²) in [6, 6.07) is 4.69. The Balaban J connectivity index is 1.92. The van der Waals surface area contributed by atoms with Gasteiger partial charge >= 0.3 is 6.03 Å². The largest absolute Gasteiger partial charge is 0.334 e. The summed E-state index contributed by atoms with van der Waals surface area (Å²) in [6.45, 7) is 0.387. The third-order valence-corrected chi connectivity index (χ3v) is 3.23. The second-order valence-electron chi connectivity index (χ2n) is 3.93. The molecule has 100 valence electrons. The van der Waals surface area contributed by atoms with Crippen LogP contribution in [0.25, 0.3) is 0 Å². The summed E-state index contributed by atoms with van der Waals surface area (Å²) in [5.74, 6) is 0. The lowest BCUT2D eigenvalue weighted by molar-refractivity contribution is 0.251. The van der Waals surface area contributed by atoms with Crippen molar-refractivity contribution in [2.24, 2.45) is 7.05 Å². The van der Waals surface area contributed by atoms with E-state index in [0.717, 1.165) is 5.56 Å². The Kier molecular flexibility index (Phi) is 4.29. The third kappa shape index (κ3) is 3.62. The minimum Gasteiger partial charge on any atom is -0.334 e. The maximum atomic E-state index is 11.7. The summed E-state index contributed by atoms with van der Waals surface area (Å²) in [6.07, 6.45) is 3.51. The van der Waals surface area contributed by atoms with Gasteiger partial charge in [0.2, 0.25) is 0 Å². The van der Waals surface area contributed by atoms with Crippen molar-refractivity contribution < 1.29 is 4.79 Å². The van der Waals surface area contributed by atoms with Crippen molar-refractivity contribution >= 4 is 34.9 Å². The Bertz CT molecular complexity index is 597. The number of hydrogen-bond donors (Lipinski definition) is 2. The number of aryl methyl sites for hydroxylation is 1. The van der Waals surface area contributed by atoms with Crippen LogP contribution in [-0.2, 0) is 13.6 Å². The first-order chi connectivity index (χ1) is 9.06. The van der Waals surface area contributed by atoms with Crippen LogP contribution in [0.1, 0.15) is 5.56 Å². The Morgan fingerprint density at radius 2 is 2.21 bits per heavy atom. The lowest BCUT2D eigenvalue weighted by Crippen LogP contribution is -2.28. The van der Waals surface area contributed by atoms with Crippen LogP contribution in [0.2, 0.25) is 10.0 Å². The molecule has 0 aliphatic heterocycles. The second-order valence-corrected chi connectivity index (χ2v) is 4.72. The standard InChI is InChI=1S/C12H12Cl2N4O/c1-18-7-8(6-16-18)5-15-12(19)17-10-4-2-3-9(13)11(10)14/h2-4,6-7H,5H2,1H3,(H2,15,17,19). The zero-order valence-electron chi connectivity index (χ0n) is 10.2. The van der Waals surface area contributed by atoms with Gasteiger partial charge in [0.15, 0.2) is 0 Å². The van der Waals surface area contributed by atoms with Gasteiger partial charge in [0, 0.05) is 25.4 Å². The lowest BCUT2D eigenvalue weighted by Gasteiger charge is -2.09. The number of halogens is 2. The summed E-state index contributed by atoms with van der Waals surface area (Å²) in [7, 11) is 1.81. The van der Waals surface area contributed by atoms with Gasteiger partial charge in [-0.3, -0.25) is 4.68 Å². The number of amides is 2. The van der Waals surface area contributed by atoms with Crippen LogP contribution >= 0.6 is 23.2 Å². The van der Waals surface area contributed by atoms with Gasteiger partial charge in [0.25, 0.3) is 0 Å². The molecule has 0 bridgehead atoms. The zero-order valence-corrected chi connectivity index (χ0v) is 11.7. The van der Waals surface area contributed by atoms with Crippen LogP contribution in [0.3, 0.4) is 0 Å². The first-order valence-electron chi connectivity index (χ1n) is 5.52. The number of aromatic nitrogens is 2. The van der Waals surface area contributed by atoms with E-state index in [1.807, 2.05) is 13.2 Å². The van der Waals surface area contributed by atoms with E-state index >= 15 is 0 Å². The van der Waals surface area contributed by atoms with Gasteiger partial charge in [-0.25, -0.2) is 4.79 Å². The van der Waals surface area contributed by atoms with E-state index in [4.69, 9.17) is 23.2 Å². The van der Waals surface area contributed by atoms with E-state index in [0.29, 0.717) is 22.3 Å². The molecule has 19 heavy (non-hydrogen) atoms. The molecule has 2 aromatic rings. The Hall–Kier alpha value is -1.72. The van der Waals surface area contributed by atoms with Crippen molar-refractivity contribution in [2.45, 2.75) is 6.54 Å². The smallest absolute Gasteiger partial charge is 0.319 e. The Morgan fingerprint density at radius 1 is 1.42 bits per heavy atom. The number of carbonyl (C=O) groups excluding carboxylic acids is 1. The molecule has 0 atom stereocenters. The molecule has 2 N–H and O–H groups in total. The molecule has 0 aliphatic carbocycles. The molecule has 1 aromatic carbocycles. The minimum absolute atomic E-state index is 0.320. The normalized spacial score (nSPS) is 10.3. The highest BCUT2D eigenvalue weighted by Gasteiger charge is 2.08. The van der Waals surface area contributed by atoms with Crippen LogP contribution in [-0.4, -0.2) is 15.8 Å². The maximum absolute atomic E-state index is 11.7. The molecule has 0 spiro atoms. The number of urea groups is 1. The lowest BCUT2D eigenvalue weighted by atomic mass is 10.3. The second kappa shape index (κ2) is 5.95. The first kappa shape index (κ1) is 13.7. The summed E-state index contributed by atoms with van der Waals surface area (Å²) in [5.41, 5.74) is 1.38. The van der Waals surface area contributed by atoms with Gasteiger partial charge in [-0.05, 0) is 12.1 Å². The zero-order chi connectivity index (χ0) is 13.8. The van der Waals surface area contributed by atoms with Gasteiger partial charge in [-0.2, -0.15) is 5.10 Å². The molecule has 0 unspecified atom stereocenters. The fourth-order valence-corrected chi connectivity index (χ4v) is 1.86. The molecule has 0 fully saturated rings.